The van der Waals surface area contributed by atoms with Crippen LogP contribution in [0.1, 0.15) is 31.9 Å². The third-order valence-electron chi connectivity index (χ3n) is 6.42. The summed E-state index contributed by atoms with van der Waals surface area (Å²) >= 11 is 0. The molecule has 1 aliphatic rings. The number of rotatable bonds is 3. The van der Waals surface area contributed by atoms with Gasteiger partial charge in [-0.05, 0) is 75.7 Å². The van der Waals surface area contributed by atoms with Gasteiger partial charge in [-0.15, -0.1) is 0 Å². The molecule has 0 atom stereocenters. The van der Waals surface area contributed by atoms with Gasteiger partial charge in [0.2, 0.25) is 0 Å². The molecule has 2 heterocycles. The highest BCUT2D eigenvalue weighted by Crippen LogP contribution is 2.34. The van der Waals surface area contributed by atoms with Crippen molar-refractivity contribution in [3.63, 3.8) is 0 Å². The Morgan fingerprint density at radius 1 is 0.919 bits per heavy atom. The van der Waals surface area contributed by atoms with E-state index >= 15 is 0 Å². The molecule has 5 rings (SSSR count). The van der Waals surface area contributed by atoms with Crippen LogP contribution < -0.4 is 4.90 Å². The van der Waals surface area contributed by atoms with Crippen LogP contribution in [-0.2, 0) is 21.3 Å². The lowest BCUT2D eigenvalue weighted by molar-refractivity contribution is 0.0244. The van der Waals surface area contributed by atoms with E-state index in [4.69, 9.17) is 4.74 Å². The van der Waals surface area contributed by atoms with E-state index in [1.807, 2.05) is 76.2 Å². The van der Waals surface area contributed by atoms with Crippen LogP contribution in [0.15, 0.2) is 83.9 Å². The fourth-order valence-electron chi connectivity index (χ4n) is 4.59. The zero-order valence-corrected chi connectivity index (χ0v) is 22.3. The lowest BCUT2D eigenvalue weighted by Crippen LogP contribution is -2.38. The van der Waals surface area contributed by atoms with Gasteiger partial charge >= 0.3 is 6.09 Å². The molecule has 1 amide bonds. The molecule has 0 bridgehead atoms. The fraction of sp³-hybridized carbons (Fsp3) is 0.276. The summed E-state index contributed by atoms with van der Waals surface area (Å²) in [6.45, 7) is 9.04. The van der Waals surface area contributed by atoms with Crippen LogP contribution in [0, 0.1) is 6.92 Å². The predicted molar refractivity (Wildman–Crippen MR) is 146 cm³/mol. The summed E-state index contributed by atoms with van der Waals surface area (Å²) in [6, 6.07) is 22.5. The highest BCUT2D eigenvalue weighted by Gasteiger charge is 2.28. The van der Waals surface area contributed by atoms with E-state index in [-0.39, 0.29) is 11.0 Å². The van der Waals surface area contributed by atoms with Crippen LogP contribution in [0.2, 0.25) is 0 Å². The molecule has 0 N–H and O–H groups in total. The molecule has 0 unspecified atom stereocenters. The third-order valence-corrected chi connectivity index (χ3v) is 8.12. The van der Waals surface area contributed by atoms with Crippen LogP contribution in [0.25, 0.3) is 10.9 Å². The molecule has 3 aromatic carbocycles. The normalized spacial score (nSPS) is 14.4. The van der Waals surface area contributed by atoms with E-state index in [1.54, 1.807) is 35.4 Å². The van der Waals surface area contributed by atoms with E-state index in [2.05, 4.69) is 4.90 Å². The van der Waals surface area contributed by atoms with Gasteiger partial charge in [0.25, 0.3) is 10.0 Å². The van der Waals surface area contributed by atoms with Crippen molar-refractivity contribution in [3.8, 4) is 0 Å². The smallest absolute Gasteiger partial charge is 0.410 e. The molecule has 0 saturated carbocycles. The van der Waals surface area contributed by atoms with Crippen LogP contribution in [-0.4, -0.2) is 42.1 Å². The maximum atomic E-state index is 13.3. The molecule has 0 aliphatic carbocycles. The number of nitrogens with zero attached hydrogens (tertiary/aromatic N) is 3. The van der Waals surface area contributed by atoms with Crippen molar-refractivity contribution in [1.82, 2.24) is 8.87 Å². The number of aromatic nitrogens is 1. The molecule has 1 aliphatic heterocycles. The Hall–Kier alpha value is -3.78. The topological polar surface area (TPSA) is 71.9 Å². The standard InChI is InChI=1S/C29H31N3O4S/c1-21-9-12-25(13-10-21)37(34,35)32-16-15-22-19-24(11-14-27(22)32)31-18-17-30(28(33)36-29(2,3)4)20-23-7-5-6-8-26(23)31/h5-16,19H,17-18,20H2,1-4H3. The first-order valence-corrected chi connectivity index (χ1v) is 13.7. The number of amides is 1. The van der Waals surface area contributed by atoms with Crippen LogP contribution >= 0.6 is 0 Å². The van der Waals surface area contributed by atoms with E-state index in [0.29, 0.717) is 25.2 Å². The minimum atomic E-state index is -3.72. The molecule has 0 spiro atoms. The maximum Gasteiger partial charge on any atom is 0.410 e. The fourth-order valence-corrected chi connectivity index (χ4v) is 5.94. The van der Waals surface area contributed by atoms with Crippen molar-refractivity contribution in [2.75, 3.05) is 18.0 Å². The average Bonchev–Trinajstić information content (AvgIpc) is 3.17. The van der Waals surface area contributed by atoms with E-state index < -0.39 is 15.6 Å². The first-order chi connectivity index (χ1) is 17.5. The maximum absolute atomic E-state index is 13.3. The lowest BCUT2D eigenvalue weighted by atomic mass is 10.1. The number of hydrogen-bond donors (Lipinski definition) is 0. The first-order valence-electron chi connectivity index (χ1n) is 12.3. The molecule has 1 aromatic heterocycles. The summed E-state index contributed by atoms with van der Waals surface area (Å²) in [4.78, 5) is 17.0. The number of carbonyl (C=O) groups excluding carboxylic acids is 1. The minimum Gasteiger partial charge on any atom is -0.444 e. The minimum absolute atomic E-state index is 0.253. The van der Waals surface area contributed by atoms with Crippen molar-refractivity contribution in [1.29, 1.82) is 0 Å². The number of hydrogen-bond acceptors (Lipinski definition) is 5. The second kappa shape index (κ2) is 9.27. The Labute approximate surface area is 217 Å². The molecule has 0 fully saturated rings. The van der Waals surface area contributed by atoms with Gasteiger partial charge in [0, 0.05) is 36.0 Å². The number of anilines is 2. The largest absolute Gasteiger partial charge is 0.444 e. The zero-order chi connectivity index (χ0) is 26.4. The molecule has 37 heavy (non-hydrogen) atoms. The molecular formula is C29H31N3O4S. The van der Waals surface area contributed by atoms with E-state index in [9.17, 15) is 13.2 Å². The Kier molecular flexibility index (Phi) is 6.23. The van der Waals surface area contributed by atoms with Gasteiger partial charge < -0.3 is 14.5 Å². The van der Waals surface area contributed by atoms with Gasteiger partial charge in [-0.2, -0.15) is 0 Å². The molecule has 192 valence electrons. The Morgan fingerprint density at radius 3 is 2.38 bits per heavy atom. The van der Waals surface area contributed by atoms with Gasteiger partial charge in [0.05, 0.1) is 17.0 Å². The number of fused-ring (bicyclic) bond motifs is 2. The quantitative estimate of drug-likeness (QED) is 0.330. The Balaban J connectivity index is 1.49. The summed E-state index contributed by atoms with van der Waals surface area (Å²) in [5.41, 5.74) is 4.01. The number of aryl methyl sites for hydroxylation is 1. The van der Waals surface area contributed by atoms with Crippen molar-refractivity contribution in [3.05, 3.63) is 90.1 Å². The molecule has 0 radical (unpaired) electrons. The number of para-hydroxylation sites is 1. The van der Waals surface area contributed by atoms with Crippen molar-refractivity contribution < 1.29 is 17.9 Å². The molecule has 7 nitrogen and oxygen atoms in total. The van der Waals surface area contributed by atoms with Crippen LogP contribution in [0.4, 0.5) is 16.2 Å². The zero-order valence-electron chi connectivity index (χ0n) is 21.5. The molecule has 8 heteroatoms. The van der Waals surface area contributed by atoms with Gasteiger partial charge in [-0.3, -0.25) is 0 Å². The number of ether oxygens (including phenoxy) is 1. The van der Waals surface area contributed by atoms with Gasteiger partial charge in [-0.25, -0.2) is 17.2 Å². The summed E-state index contributed by atoms with van der Waals surface area (Å²) < 4.78 is 33.6. The monoisotopic (exact) mass is 517 g/mol. The van der Waals surface area contributed by atoms with Gasteiger partial charge in [0.1, 0.15) is 5.60 Å². The average molecular weight is 518 g/mol. The van der Waals surface area contributed by atoms with Gasteiger partial charge in [-0.1, -0.05) is 35.9 Å². The van der Waals surface area contributed by atoms with Crippen molar-refractivity contribution >= 4 is 38.4 Å². The summed E-state index contributed by atoms with van der Waals surface area (Å²) in [5.74, 6) is 0. The second-order valence-corrected chi connectivity index (χ2v) is 12.2. The van der Waals surface area contributed by atoms with Crippen molar-refractivity contribution in [2.45, 2.75) is 44.7 Å². The predicted octanol–water partition coefficient (Wildman–Crippen LogP) is 6.08. The third kappa shape index (κ3) is 4.93. The Bertz CT molecular complexity index is 1570. The van der Waals surface area contributed by atoms with E-state index in [0.717, 1.165) is 27.9 Å². The molecular weight excluding hydrogens is 486 g/mol. The summed E-state index contributed by atoms with van der Waals surface area (Å²) in [7, 11) is -3.72. The van der Waals surface area contributed by atoms with Crippen LogP contribution in [0.5, 0.6) is 0 Å². The van der Waals surface area contributed by atoms with Gasteiger partial charge in [0.15, 0.2) is 0 Å². The van der Waals surface area contributed by atoms with E-state index in [1.165, 1.54) is 3.97 Å². The second-order valence-electron chi connectivity index (χ2n) is 10.4. The highest BCUT2D eigenvalue weighted by molar-refractivity contribution is 7.90. The van der Waals surface area contributed by atoms with Crippen LogP contribution in [0.3, 0.4) is 0 Å². The number of benzene rings is 3. The summed E-state index contributed by atoms with van der Waals surface area (Å²) in [6.07, 6.45) is 1.27. The molecule has 4 aromatic rings. The summed E-state index contributed by atoms with van der Waals surface area (Å²) in [5, 5.41) is 0.818. The SMILES string of the molecule is Cc1ccc(S(=O)(=O)n2ccc3cc(N4CCN(C(=O)OC(C)(C)C)Cc5ccccc54)ccc32)cc1. The lowest BCUT2D eigenvalue weighted by Gasteiger charge is -2.27. The molecule has 0 saturated heterocycles. The van der Waals surface area contributed by atoms with Crippen molar-refractivity contribution in [2.24, 2.45) is 0 Å². The Morgan fingerprint density at radius 2 is 1.65 bits per heavy atom. The first kappa shape index (κ1) is 24.9. The highest BCUT2D eigenvalue weighted by atomic mass is 32.2. The number of carbonyl (C=O) groups is 1.